The molecule has 1 aliphatic rings. The molecule has 4 nitrogen and oxygen atoms in total. The summed E-state index contributed by atoms with van der Waals surface area (Å²) >= 11 is 0. The Balaban J connectivity index is 2.27. The third-order valence-corrected chi connectivity index (χ3v) is 2.83. The lowest BCUT2D eigenvalue weighted by Gasteiger charge is -2.30. The highest BCUT2D eigenvalue weighted by Gasteiger charge is 2.35. The molecule has 1 atom stereocenters. The molecule has 1 fully saturated rings. The van der Waals surface area contributed by atoms with Crippen LogP contribution >= 0.6 is 0 Å². The number of para-hydroxylation sites is 1. The number of hydrogen-bond donors (Lipinski definition) is 1. The molecule has 1 aromatic rings. The molecule has 1 amide bonds. The summed E-state index contributed by atoms with van der Waals surface area (Å²) in [6.45, 7) is 3.32. The van der Waals surface area contributed by atoms with Crippen LogP contribution < -0.4 is 10.7 Å². The zero-order chi connectivity index (χ0) is 11.5. The average Bonchev–Trinajstić information content (AvgIpc) is 2.56. The fourth-order valence-corrected chi connectivity index (χ4v) is 2.10. The number of nitrogens with zero attached hydrogens (tertiary/aromatic N) is 2. The maximum atomic E-state index is 11.9. The van der Waals surface area contributed by atoms with Crippen LogP contribution in [0.3, 0.4) is 0 Å². The van der Waals surface area contributed by atoms with E-state index < -0.39 is 0 Å². The smallest absolute Gasteiger partial charge is 0.243 e. The van der Waals surface area contributed by atoms with Crippen molar-refractivity contribution in [3.63, 3.8) is 0 Å². The van der Waals surface area contributed by atoms with Crippen molar-refractivity contribution in [1.29, 1.82) is 0 Å². The van der Waals surface area contributed by atoms with Gasteiger partial charge in [-0.25, -0.2) is 10.0 Å². The Kier molecular flexibility index (Phi) is 3.22. The fourth-order valence-electron chi connectivity index (χ4n) is 2.10. The standard InChI is InChI=1S/C12H17N3O/c1-10-9-12(16)15(14(10)8-7-13)11-5-3-2-4-6-11/h2-6,10H,7-9,13H2,1H3. The number of carbonyl (C=O) groups excluding carboxylic acids is 1. The van der Waals surface area contributed by atoms with Crippen molar-refractivity contribution in [3.8, 4) is 0 Å². The summed E-state index contributed by atoms with van der Waals surface area (Å²) in [7, 11) is 0. The number of hydrazine groups is 1. The molecule has 0 saturated carbocycles. The summed E-state index contributed by atoms with van der Waals surface area (Å²) in [5.74, 6) is 0.146. The minimum Gasteiger partial charge on any atom is -0.329 e. The van der Waals surface area contributed by atoms with Gasteiger partial charge in [0.2, 0.25) is 5.91 Å². The second-order valence-corrected chi connectivity index (χ2v) is 4.05. The Morgan fingerprint density at radius 3 is 2.69 bits per heavy atom. The summed E-state index contributed by atoms with van der Waals surface area (Å²) < 4.78 is 0. The monoisotopic (exact) mass is 219 g/mol. The molecular weight excluding hydrogens is 202 g/mol. The van der Waals surface area contributed by atoms with Crippen molar-refractivity contribution >= 4 is 11.6 Å². The van der Waals surface area contributed by atoms with Gasteiger partial charge in [0.1, 0.15) is 0 Å². The van der Waals surface area contributed by atoms with E-state index in [0.717, 1.165) is 5.69 Å². The summed E-state index contributed by atoms with van der Waals surface area (Å²) in [5, 5.41) is 3.79. The molecule has 0 bridgehead atoms. The van der Waals surface area contributed by atoms with Crippen LogP contribution in [0, 0.1) is 0 Å². The first-order valence-electron chi connectivity index (χ1n) is 5.58. The number of amides is 1. The van der Waals surface area contributed by atoms with E-state index in [2.05, 4.69) is 6.92 Å². The molecule has 86 valence electrons. The van der Waals surface area contributed by atoms with Gasteiger partial charge in [-0.3, -0.25) is 4.79 Å². The van der Waals surface area contributed by atoms with Gasteiger partial charge in [-0.2, -0.15) is 0 Å². The molecule has 16 heavy (non-hydrogen) atoms. The van der Waals surface area contributed by atoms with Crippen LogP contribution in [-0.4, -0.2) is 30.0 Å². The molecule has 1 heterocycles. The van der Waals surface area contributed by atoms with E-state index in [1.165, 1.54) is 0 Å². The van der Waals surface area contributed by atoms with Crippen molar-refractivity contribution in [2.45, 2.75) is 19.4 Å². The Bertz CT molecular complexity index is 366. The van der Waals surface area contributed by atoms with Gasteiger partial charge in [0.25, 0.3) is 0 Å². The summed E-state index contributed by atoms with van der Waals surface area (Å²) in [6.07, 6.45) is 0.564. The van der Waals surface area contributed by atoms with Crippen molar-refractivity contribution in [2.24, 2.45) is 5.73 Å². The molecule has 4 heteroatoms. The third kappa shape index (κ3) is 1.94. The van der Waals surface area contributed by atoms with E-state index in [9.17, 15) is 4.79 Å². The minimum atomic E-state index is 0.146. The molecule has 0 spiro atoms. The number of anilines is 1. The van der Waals surface area contributed by atoms with Crippen LogP contribution in [0.25, 0.3) is 0 Å². The second-order valence-electron chi connectivity index (χ2n) is 4.05. The van der Waals surface area contributed by atoms with E-state index in [4.69, 9.17) is 5.73 Å². The summed E-state index contributed by atoms with van der Waals surface area (Å²) in [5.41, 5.74) is 6.50. The minimum absolute atomic E-state index is 0.146. The third-order valence-electron chi connectivity index (χ3n) is 2.83. The molecule has 0 aliphatic carbocycles. The Hall–Kier alpha value is -1.39. The van der Waals surface area contributed by atoms with Crippen molar-refractivity contribution in [3.05, 3.63) is 30.3 Å². The Morgan fingerprint density at radius 1 is 1.38 bits per heavy atom. The SMILES string of the molecule is CC1CC(=O)N(c2ccccc2)N1CCN. The van der Waals surface area contributed by atoms with Gasteiger partial charge in [0.15, 0.2) is 0 Å². The molecule has 0 radical (unpaired) electrons. The van der Waals surface area contributed by atoms with Crippen LogP contribution in [0.2, 0.25) is 0 Å². The predicted molar refractivity (Wildman–Crippen MR) is 63.8 cm³/mol. The van der Waals surface area contributed by atoms with Crippen LogP contribution in [-0.2, 0) is 4.79 Å². The number of hydrogen-bond acceptors (Lipinski definition) is 3. The fraction of sp³-hybridized carbons (Fsp3) is 0.417. The van der Waals surface area contributed by atoms with Gasteiger partial charge in [-0.05, 0) is 19.1 Å². The number of nitrogens with two attached hydrogens (primary N) is 1. The predicted octanol–water partition coefficient (Wildman–Crippen LogP) is 0.988. The quantitative estimate of drug-likeness (QED) is 0.824. The molecule has 1 aromatic carbocycles. The van der Waals surface area contributed by atoms with Crippen LogP contribution in [0.1, 0.15) is 13.3 Å². The van der Waals surface area contributed by atoms with Crippen LogP contribution in [0.4, 0.5) is 5.69 Å². The topological polar surface area (TPSA) is 49.6 Å². The van der Waals surface area contributed by atoms with Crippen molar-refractivity contribution in [1.82, 2.24) is 5.01 Å². The van der Waals surface area contributed by atoms with E-state index in [0.29, 0.717) is 19.5 Å². The molecule has 1 aliphatic heterocycles. The van der Waals surface area contributed by atoms with Gasteiger partial charge in [0.05, 0.1) is 5.69 Å². The normalized spacial score (nSPS) is 21.8. The maximum absolute atomic E-state index is 11.9. The van der Waals surface area contributed by atoms with Crippen molar-refractivity contribution in [2.75, 3.05) is 18.1 Å². The van der Waals surface area contributed by atoms with Crippen LogP contribution in [0.5, 0.6) is 0 Å². The first-order chi connectivity index (χ1) is 7.74. The molecule has 1 unspecified atom stereocenters. The zero-order valence-electron chi connectivity index (χ0n) is 9.47. The van der Waals surface area contributed by atoms with E-state index in [1.807, 2.05) is 35.3 Å². The highest BCUT2D eigenvalue weighted by atomic mass is 16.2. The Morgan fingerprint density at radius 2 is 2.06 bits per heavy atom. The van der Waals surface area contributed by atoms with Gasteiger partial charge >= 0.3 is 0 Å². The van der Waals surface area contributed by atoms with Gasteiger partial charge in [-0.1, -0.05) is 18.2 Å². The van der Waals surface area contributed by atoms with Gasteiger partial charge < -0.3 is 5.73 Å². The lowest BCUT2D eigenvalue weighted by Crippen LogP contribution is -2.44. The summed E-state index contributed by atoms with van der Waals surface area (Å²) in [6, 6.07) is 9.94. The number of rotatable bonds is 3. The summed E-state index contributed by atoms with van der Waals surface area (Å²) in [4.78, 5) is 11.9. The first-order valence-corrected chi connectivity index (χ1v) is 5.58. The lowest BCUT2D eigenvalue weighted by atomic mass is 10.2. The molecule has 0 aromatic heterocycles. The number of carbonyl (C=O) groups is 1. The van der Waals surface area contributed by atoms with E-state index in [1.54, 1.807) is 5.01 Å². The molecule has 1 saturated heterocycles. The average molecular weight is 219 g/mol. The first kappa shape index (κ1) is 11.1. The molecular formula is C12H17N3O. The lowest BCUT2D eigenvalue weighted by molar-refractivity contribution is -0.118. The maximum Gasteiger partial charge on any atom is 0.243 e. The Labute approximate surface area is 95.6 Å². The highest BCUT2D eigenvalue weighted by Crippen LogP contribution is 2.25. The van der Waals surface area contributed by atoms with E-state index >= 15 is 0 Å². The van der Waals surface area contributed by atoms with Crippen LogP contribution in [0.15, 0.2) is 30.3 Å². The second kappa shape index (κ2) is 4.63. The number of benzene rings is 1. The molecule has 2 N–H and O–H groups in total. The highest BCUT2D eigenvalue weighted by molar-refractivity contribution is 5.94. The largest absolute Gasteiger partial charge is 0.329 e. The van der Waals surface area contributed by atoms with E-state index in [-0.39, 0.29) is 11.9 Å². The van der Waals surface area contributed by atoms with Gasteiger partial charge in [-0.15, -0.1) is 0 Å². The zero-order valence-corrected chi connectivity index (χ0v) is 9.47. The molecule has 2 rings (SSSR count). The van der Waals surface area contributed by atoms with Gasteiger partial charge in [0, 0.05) is 25.6 Å². The van der Waals surface area contributed by atoms with Crippen molar-refractivity contribution < 1.29 is 4.79 Å².